The van der Waals surface area contributed by atoms with E-state index in [0.717, 1.165) is 28.2 Å². The minimum Gasteiger partial charge on any atom is -0.349 e. The van der Waals surface area contributed by atoms with Crippen molar-refractivity contribution in [2.75, 3.05) is 13.1 Å². The maximum atomic E-state index is 13.3. The fourth-order valence-corrected chi connectivity index (χ4v) is 5.40. The standard InChI is InChI=1S/C25H31FN4O3S/c1-6-29(7-2)34(32,33)23-14-8-20(9-15-23)17(3)27-25(31)16-24-18(4)28-30(19(24)5)22-12-10-21(26)11-13-22/h8-15,17H,6-7,16H2,1-5H3,(H,27,31). The monoisotopic (exact) mass is 486 g/mol. The number of nitrogens with one attached hydrogen (secondary N) is 1. The number of nitrogens with zero attached hydrogens (tertiary/aromatic N) is 3. The average Bonchev–Trinajstić information content (AvgIpc) is 3.08. The summed E-state index contributed by atoms with van der Waals surface area (Å²) in [6, 6.07) is 12.3. The molecule has 1 heterocycles. The topological polar surface area (TPSA) is 84.3 Å². The Morgan fingerprint density at radius 1 is 1.06 bits per heavy atom. The Morgan fingerprint density at radius 2 is 1.65 bits per heavy atom. The first kappa shape index (κ1) is 25.6. The summed E-state index contributed by atoms with van der Waals surface area (Å²) < 4.78 is 41.7. The second-order valence-electron chi connectivity index (χ2n) is 8.16. The minimum absolute atomic E-state index is 0.150. The van der Waals surface area contributed by atoms with Gasteiger partial charge in [-0.2, -0.15) is 9.40 Å². The molecule has 0 saturated carbocycles. The van der Waals surface area contributed by atoms with Crippen LogP contribution in [0.15, 0.2) is 53.4 Å². The van der Waals surface area contributed by atoms with E-state index in [1.807, 2.05) is 20.8 Å². The molecule has 7 nitrogen and oxygen atoms in total. The fourth-order valence-electron chi connectivity index (χ4n) is 3.94. The summed E-state index contributed by atoms with van der Waals surface area (Å²) in [7, 11) is -3.52. The third-order valence-corrected chi connectivity index (χ3v) is 8.01. The van der Waals surface area contributed by atoms with Crippen LogP contribution in [0.4, 0.5) is 4.39 Å². The highest BCUT2D eigenvalue weighted by molar-refractivity contribution is 7.89. The van der Waals surface area contributed by atoms with E-state index in [4.69, 9.17) is 0 Å². The summed E-state index contributed by atoms with van der Waals surface area (Å²) in [6.45, 7) is 10.00. The molecule has 0 aliphatic carbocycles. The molecule has 3 aromatic rings. The number of benzene rings is 2. The van der Waals surface area contributed by atoms with E-state index in [1.165, 1.54) is 16.4 Å². The maximum absolute atomic E-state index is 13.3. The van der Waals surface area contributed by atoms with Crippen LogP contribution in [0.25, 0.3) is 5.69 Å². The molecule has 0 aliphatic heterocycles. The van der Waals surface area contributed by atoms with Crippen molar-refractivity contribution in [2.45, 2.75) is 52.0 Å². The molecule has 0 saturated heterocycles. The van der Waals surface area contributed by atoms with Gasteiger partial charge in [0.25, 0.3) is 0 Å². The van der Waals surface area contributed by atoms with Crippen LogP contribution in [-0.2, 0) is 21.2 Å². The lowest BCUT2D eigenvalue weighted by Gasteiger charge is -2.19. The lowest BCUT2D eigenvalue weighted by atomic mass is 10.1. The Labute approximate surface area is 200 Å². The maximum Gasteiger partial charge on any atom is 0.243 e. The van der Waals surface area contributed by atoms with Gasteiger partial charge in [0.2, 0.25) is 15.9 Å². The predicted octanol–water partition coefficient (Wildman–Crippen LogP) is 4.08. The zero-order valence-electron chi connectivity index (χ0n) is 20.2. The molecule has 1 unspecified atom stereocenters. The SMILES string of the molecule is CCN(CC)S(=O)(=O)c1ccc(C(C)NC(=O)Cc2c(C)nn(-c3ccc(F)cc3)c2C)cc1. The van der Waals surface area contributed by atoms with Gasteiger partial charge in [-0.25, -0.2) is 17.5 Å². The van der Waals surface area contributed by atoms with Gasteiger partial charge in [-0.1, -0.05) is 26.0 Å². The average molecular weight is 487 g/mol. The molecule has 2 aromatic carbocycles. The second-order valence-corrected chi connectivity index (χ2v) is 10.1. The van der Waals surface area contributed by atoms with Crippen LogP contribution in [0, 0.1) is 19.7 Å². The number of sulfonamides is 1. The lowest BCUT2D eigenvalue weighted by Crippen LogP contribution is -2.31. The van der Waals surface area contributed by atoms with Crippen LogP contribution in [0.1, 0.15) is 49.3 Å². The van der Waals surface area contributed by atoms with Crippen molar-refractivity contribution in [3.05, 3.63) is 76.9 Å². The fraction of sp³-hybridized carbons (Fsp3) is 0.360. The van der Waals surface area contributed by atoms with Gasteiger partial charge in [-0.15, -0.1) is 0 Å². The molecular weight excluding hydrogens is 455 g/mol. The molecule has 182 valence electrons. The summed E-state index contributed by atoms with van der Waals surface area (Å²) in [5.74, 6) is -0.491. The van der Waals surface area contributed by atoms with E-state index < -0.39 is 10.0 Å². The van der Waals surface area contributed by atoms with Crippen molar-refractivity contribution in [1.82, 2.24) is 19.4 Å². The second kappa shape index (κ2) is 10.5. The van der Waals surface area contributed by atoms with Gasteiger partial charge < -0.3 is 5.32 Å². The van der Waals surface area contributed by atoms with Crippen LogP contribution < -0.4 is 5.32 Å². The van der Waals surface area contributed by atoms with E-state index >= 15 is 0 Å². The molecule has 3 rings (SSSR count). The van der Waals surface area contributed by atoms with Crippen LogP contribution in [0.2, 0.25) is 0 Å². The van der Waals surface area contributed by atoms with Crippen molar-refractivity contribution >= 4 is 15.9 Å². The number of aryl methyl sites for hydroxylation is 1. The lowest BCUT2D eigenvalue weighted by molar-refractivity contribution is -0.121. The molecule has 0 fully saturated rings. The molecule has 1 aromatic heterocycles. The van der Waals surface area contributed by atoms with Crippen molar-refractivity contribution in [3.8, 4) is 5.69 Å². The zero-order valence-corrected chi connectivity index (χ0v) is 21.0. The van der Waals surface area contributed by atoms with Crippen molar-refractivity contribution in [1.29, 1.82) is 0 Å². The Balaban J connectivity index is 1.70. The first-order valence-electron chi connectivity index (χ1n) is 11.3. The summed E-state index contributed by atoms with van der Waals surface area (Å²) in [5, 5.41) is 7.49. The highest BCUT2D eigenvalue weighted by Crippen LogP contribution is 2.21. The molecule has 0 spiro atoms. The molecule has 1 amide bonds. The number of rotatable bonds is 9. The summed E-state index contributed by atoms with van der Waals surface area (Å²) in [4.78, 5) is 13.0. The number of carbonyl (C=O) groups is 1. The van der Waals surface area contributed by atoms with Gasteiger partial charge in [0.05, 0.1) is 28.7 Å². The van der Waals surface area contributed by atoms with Crippen LogP contribution in [0.3, 0.4) is 0 Å². The molecule has 0 aliphatic rings. The van der Waals surface area contributed by atoms with Gasteiger partial charge in [0.1, 0.15) is 5.82 Å². The van der Waals surface area contributed by atoms with Gasteiger partial charge in [0, 0.05) is 24.3 Å². The molecule has 9 heteroatoms. The van der Waals surface area contributed by atoms with Crippen molar-refractivity contribution in [3.63, 3.8) is 0 Å². The summed E-state index contributed by atoms with van der Waals surface area (Å²) in [6.07, 6.45) is 0.150. The normalized spacial score (nSPS) is 12.7. The van der Waals surface area contributed by atoms with Gasteiger partial charge in [-0.3, -0.25) is 4.79 Å². The third kappa shape index (κ3) is 5.37. The molecule has 34 heavy (non-hydrogen) atoms. The highest BCUT2D eigenvalue weighted by atomic mass is 32.2. The largest absolute Gasteiger partial charge is 0.349 e. The highest BCUT2D eigenvalue weighted by Gasteiger charge is 2.22. The smallest absolute Gasteiger partial charge is 0.243 e. The molecule has 1 N–H and O–H groups in total. The first-order valence-corrected chi connectivity index (χ1v) is 12.7. The van der Waals surface area contributed by atoms with Crippen LogP contribution in [-0.4, -0.2) is 41.5 Å². The Morgan fingerprint density at radius 3 is 2.21 bits per heavy atom. The van der Waals surface area contributed by atoms with Gasteiger partial charge >= 0.3 is 0 Å². The number of aromatic nitrogens is 2. The van der Waals surface area contributed by atoms with E-state index in [1.54, 1.807) is 54.9 Å². The minimum atomic E-state index is -3.52. The molecular formula is C25H31FN4O3S. The number of hydrogen-bond donors (Lipinski definition) is 1. The Hall–Kier alpha value is -3.04. The van der Waals surface area contributed by atoms with E-state index in [-0.39, 0.29) is 29.1 Å². The summed E-state index contributed by atoms with van der Waals surface area (Å²) >= 11 is 0. The summed E-state index contributed by atoms with van der Waals surface area (Å²) in [5.41, 5.74) is 3.90. The molecule has 1 atom stereocenters. The van der Waals surface area contributed by atoms with E-state index in [9.17, 15) is 17.6 Å². The Kier molecular flexibility index (Phi) is 7.89. The van der Waals surface area contributed by atoms with E-state index in [2.05, 4.69) is 10.4 Å². The van der Waals surface area contributed by atoms with Crippen LogP contribution >= 0.6 is 0 Å². The first-order chi connectivity index (χ1) is 16.1. The third-order valence-electron chi connectivity index (χ3n) is 5.95. The zero-order chi connectivity index (χ0) is 25.0. The number of hydrogen-bond acceptors (Lipinski definition) is 4. The quantitative estimate of drug-likeness (QED) is 0.494. The van der Waals surface area contributed by atoms with Crippen molar-refractivity contribution in [2.24, 2.45) is 0 Å². The van der Waals surface area contributed by atoms with E-state index in [0.29, 0.717) is 13.1 Å². The number of halogens is 1. The van der Waals surface area contributed by atoms with Crippen molar-refractivity contribution < 1.29 is 17.6 Å². The Bertz CT molecular complexity index is 1250. The molecule has 0 bridgehead atoms. The predicted molar refractivity (Wildman–Crippen MR) is 130 cm³/mol. The van der Waals surface area contributed by atoms with Gasteiger partial charge in [0.15, 0.2) is 0 Å². The number of amides is 1. The molecule has 0 radical (unpaired) electrons. The number of carbonyl (C=O) groups excluding carboxylic acids is 1. The van der Waals surface area contributed by atoms with Gasteiger partial charge in [-0.05, 0) is 62.7 Å². The van der Waals surface area contributed by atoms with Crippen LogP contribution in [0.5, 0.6) is 0 Å².